The van der Waals surface area contributed by atoms with Gasteiger partial charge in [0.25, 0.3) is 0 Å². The molecule has 1 N–H and O–H groups in total. The van der Waals surface area contributed by atoms with Gasteiger partial charge < -0.3 is 19.9 Å². The molecule has 0 aromatic carbocycles. The first-order chi connectivity index (χ1) is 17.2. The molecule has 0 unspecified atom stereocenters. The maximum Gasteiger partial charge on any atom is 0.236 e. The molecule has 8 nitrogen and oxygen atoms in total. The molecule has 2 fully saturated rings. The van der Waals surface area contributed by atoms with Crippen molar-refractivity contribution in [2.24, 2.45) is 5.92 Å². The van der Waals surface area contributed by atoms with Crippen LogP contribution in [0.2, 0.25) is 0 Å². The Labute approximate surface area is 213 Å². The lowest BCUT2D eigenvalue weighted by atomic mass is 9.62. The first kappa shape index (κ1) is 23.5. The third-order valence-electron chi connectivity index (χ3n) is 8.65. The molecule has 192 valence electrons. The van der Waals surface area contributed by atoms with Crippen LogP contribution in [0.5, 0.6) is 5.88 Å². The molecule has 36 heavy (non-hydrogen) atoms. The summed E-state index contributed by atoms with van der Waals surface area (Å²) < 4.78 is 6.16. The fourth-order valence-electron chi connectivity index (χ4n) is 6.70. The van der Waals surface area contributed by atoms with Gasteiger partial charge in [-0.05, 0) is 50.5 Å². The maximum atomic E-state index is 13.2. The minimum absolute atomic E-state index is 0.0497. The predicted octanol–water partition coefficient (Wildman–Crippen LogP) is 4.44. The highest BCUT2D eigenvalue weighted by Crippen LogP contribution is 2.55. The van der Waals surface area contributed by atoms with Gasteiger partial charge in [-0.15, -0.1) is 10.2 Å². The van der Waals surface area contributed by atoms with E-state index < -0.39 is 5.41 Å². The average Bonchev–Trinajstić information content (AvgIpc) is 3.47. The largest absolute Gasteiger partial charge is 0.473 e. The van der Waals surface area contributed by atoms with Crippen molar-refractivity contribution in [2.75, 3.05) is 35.3 Å². The Morgan fingerprint density at radius 2 is 1.92 bits per heavy atom. The molecule has 0 bridgehead atoms. The second kappa shape index (κ2) is 8.32. The monoisotopic (exact) mass is 490 g/mol. The summed E-state index contributed by atoms with van der Waals surface area (Å²) in [4.78, 5) is 22.4. The van der Waals surface area contributed by atoms with Crippen molar-refractivity contribution in [3.8, 4) is 5.88 Å². The quantitative estimate of drug-likeness (QED) is 0.641. The molecule has 2 aromatic rings. The average molecular weight is 491 g/mol. The van der Waals surface area contributed by atoms with E-state index in [9.17, 15) is 4.79 Å². The molecule has 4 aliphatic rings. The van der Waals surface area contributed by atoms with Crippen molar-refractivity contribution < 1.29 is 9.53 Å². The topological polar surface area (TPSA) is 83.5 Å². The molecule has 2 aliphatic heterocycles. The lowest BCUT2D eigenvalue weighted by Crippen LogP contribution is -2.57. The van der Waals surface area contributed by atoms with E-state index in [1.807, 2.05) is 6.20 Å². The van der Waals surface area contributed by atoms with Crippen molar-refractivity contribution in [2.45, 2.75) is 89.2 Å². The van der Waals surface area contributed by atoms with Crippen LogP contribution in [0, 0.1) is 5.92 Å². The molecule has 2 aromatic heterocycles. The first-order valence-corrected chi connectivity index (χ1v) is 13.5. The van der Waals surface area contributed by atoms with Crippen LogP contribution >= 0.6 is 0 Å². The van der Waals surface area contributed by atoms with Crippen molar-refractivity contribution in [3.63, 3.8) is 0 Å². The molecule has 8 heteroatoms. The van der Waals surface area contributed by atoms with Gasteiger partial charge in [-0.25, -0.2) is 4.98 Å². The summed E-state index contributed by atoms with van der Waals surface area (Å²) in [6.07, 6.45) is 8.34. The Balaban J connectivity index is 1.23. The smallest absolute Gasteiger partial charge is 0.236 e. The van der Waals surface area contributed by atoms with Crippen LogP contribution in [-0.4, -0.2) is 53.4 Å². The van der Waals surface area contributed by atoms with Gasteiger partial charge >= 0.3 is 0 Å². The maximum absolute atomic E-state index is 13.2. The number of nitrogens with zero attached hydrogens (tertiary/aromatic N) is 5. The molecule has 0 radical (unpaired) electrons. The Hall–Kier alpha value is -2.90. The van der Waals surface area contributed by atoms with Crippen molar-refractivity contribution in [1.29, 1.82) is 0 Å². The Morgan fingerprint density at radius 3 is 2.64 bits per heavy atom. The molecule has 4 heterocycles. The second-order valence-corrected chi connectivity index (χ2v) is 12.4. The van der Waals surface area contributed by atoms with E-state index >= 15 is 0 Å². The number of anilines is 3. The number of fused-ring (bicyclic) bond motifs is 3. The molecular formula is C28H38N6O2. The van der Waals surface area contributed by atoms with Crippen molar-refractivity contribution in [3.05, 3.63) is 29.5 Å². The predicted molar refractivity (Wildman–Crippen MR) is 141 cm³/mol. The third kappa shape index (κ3) is 3.71. The van der Waals surface area contributed by atoms with Crippen LogP contribution in [-0.2, 0) is 15.6 Å². The van der Waals surface area contributed by atoms with Crippen LogP contribution in [0.25, 0.3) is 0 Å². The number of hydrogen-bond acceptors (Lipinski definition) is 7. The standard InChI is InChI=1S/C28H38N6O2/c1-17(2)15-33(5)18-10-21-24(29-14-18)30-26(35)28(21)12-19(13-28)34-16-27(3,4)22-11-23(31-32-25(22)34)36-20-8-6-7-9-20/h10-11,14,17,19-20H,6-9,12-13,15-16H2,1-5H3,(H,29,30,35). The summed E-state index contributed by atoms with van der Waals surface area (Å²) in [5, 5.41) is 12.2. The van der Waals surface area contributed by atoms with Crippen LogP contribution < -0.4 is 19.9 Å². The van der Waals surface area contributed by atoms with Gasteiger partial charge in [0.2, 0.25) is 11.8 Å². The highest BCUT2D eigenvalue weighted by molar-refractivity contribution is 6.06. The molecule has 1 spiro atoms. The highest BCUT2D eigenvalue weighted by atomic mass is 16.5. The lowest BCUT2D eigenvalue weighted by Gasteiger charge is -2.48. The molecule has 1 amide bonds. The lowest BCUT2D eigenvalue weighted by molar-refractivity contribution is -0.124. The number of carbonyl (C=O) groups is 1. The van der Waals surface area contributed by atoms with Crippen LogP contribution in [0.1, 0.15) is 77.3 Å². The van der Waals surface area contributed by atoms with E-state index in [1.165, 1.54) is 18.4 Å². The number of ether oxygens (including phenoxy) is 1. The molecule has 2 saturated carbocycles. The minimum Gasteiger partial charge on any atom is -0.473 e. The van der Waals surface area contributed by atoms with Crippen molar-refractivity contribution in [1.82, 2.24) is 15.2 Å². The van der Waals surface area contributed by atoms with E-state index in [4.69, 9.17) is 4.74 Å². The van der Waals surface area contributed by atoms with Crippen LogP contribution in [0.4, 0.5) is 17.3 Å². The van der Waals surface area contributed by atoms with Gasteiger partial charge in [-0.3, -0.25) is 4.79 Å². The molecular weight excluding hydrogens is 452 g/mol. The first-order valence-electron chi connectivity index (χ1n) is 13.5. The number of pyridine rings is 1. The third-order valence-corrected chi connectivity index (χ3v) is 8.65. The van der Waals surface area contributed by atoms with Gasteiger partial charge in [0, 0.05) is 48.8 Å². The van der Waals surface area contributed by atoms with E-state index in [1.54, 1.807) is 0 Å². The summed E-state index contributed by atoms with van der Waals surface area (Å²) in [5.41, 5.74) is 2.75. The summed E-state index contributed by atoms with van der Waals surface area (Å²) in [5.74, 6) is 2.94. The minimum atomic E-state index is -0.506. The summed E-state index contributed by atoms with van der Waals surface area (Å²) in [6, 6.07) is 4.52. The fourth-order valence-corrected chi connectivity index (χ4v) is 6.70. The van der Waals surface area contributed by atoms with Gasteiger partial charge in [-0.2, -0.15) is 0 Å². The van der Waals surface area contributed by atoms with Gasteiger partial charge in [0.05, 0.1) is 17.3 Å². The zero-order chi connectivity index (χ0) is 25.2. The van der Waals surface area contributed by atoms with Gasteiger partial charge in [0.1, 0.15) is 11.9 Å². The number of amides is 1. The number of aromatic nitrogens is 3. The SMILES string of the molecule is CC(C)CN(C)c1cnc2c(c1)C1(CC(N3CC(C)(C)c4cc(OC5CCCC5)nnc43)C1)C(=O)N2. The summed E-state index contributed by atoms with van der Waals surface area (Å²) >= 11 is 0. The number of nitrogens with one attached hydrogen (secondary N) is 1. The second-order valence-electron chi connectivity index (χ2n) is 12.4. The number of hydrogen-bond donors (Lipinski definition) is 1. The number of carbonyl (C=O) groups excluding carboxylic acids is 1. The van der Waals surface area contributed by atoms with Gasteiger partial charge in [-0.1, -0.05) is 27.7 Å². The Kier molecular flexibility index (Phi) is 5.43. The molecule has 0 atom stereocenters. The Morgan fingerprint density at radius 1 is 1.17 bits per heavy atom. The van der Waals surface area contributed by atoms with Crippen LogP contribution in [0.3, 0.4) is 0 Å². The van der Waals surface area contributed by atoms with E-state index in [2.05, 4.69) is 77.2 Å². The number of rotatable bonds is 6. The van der Waals surface area contributed by atoms with Crippen molar-refractivity contribution >= 4 is 23.2 Å². The summed E-state index contributed by atoms with van der Waals surface area (Å²) in [7, 11) is 2.09. The zero-order valence-electron chi connectivity index (χ0n) is 22.2. The van der Waals surface area contributed by atoms with E-state index in [-0.39, 0.29) is 23.5 Å². The fraction of sp³-hybridized carbons (Fsp3) is 0.643. The van der Waals surface area contributed by atoms with Gasteiger partial charge in [0.15, 0.2) is 5.82 Å². The zero-order valence-corrected chi connectivity index (χ0v) is 22.2. The molecule has 2 aliphatic carbocycles. The summed E-state index contributed by atoms with van der Waals surface area (Å²) in [6.45, 7) is 10.8. The van der Waals surface area contributed by atoms with E-state index in [0.29, 0.717) is 11.8 Å². The Bertz CT molecular complexity index is 1180. The molecule has 6 rings (SSSR count). The molecule has 0 saturated heterocycles. The highest BCUT2D eigenvalue weighted by Gasteiger charge is 2.59. The normalized spacial score (nSPS) is 26.2. The van der Waals surface area contributed by atoms with Crippen LogP contribution in [0.15, 0.2) is 18.3 Å². The van der Waals surface area contributed by atoms with E-state index in [0.717, 1.165) is 61.7 Å².